The number of nitrogens with zero attached hydrogens (tertiary/aromatic N) is 1. The van der Waals surface area contributed by atoms with Gasteiger partial charge in [0.05, 0.1) is 6.04 Å². The molecule has 2 saturated heterocycles. The Labute approximate surface area is 123 Å². The molecule has 2 N–H and O–H groups in total. The van der Waals surface area contributed by atoms with Crippen molar-refractivity contribution in [2.75, 3.05) is 19.6 Å². The summed E-state index contributed by atoms with van der Waals surface area (Å²) in [6, 6.07) is 0.388. The van der Waals surface area contributed by atoms with Crippen molar-refractivity contribution in [3.63, 3.8) is 0 Å². The maximum Gasteiger partial charge on any atom is 0.237 e. The van der Waals surface area contributed by atoms with Crippen LogP contribution in [0.4, 0.5) is 0 Å². The van der Waals surface area contributed by atoms with Gasteiger partial charge in [0, 0.05) is 24.7 Å². The third kappa shape index (κ3) is 4.19. The topological polar surface area (TPSA) is 44.4 Å². The maximum atomic E-state index is 12.3. The molecule has 2 aliphatic heterocycles. The van der Waals surface area contributed by atoms with E-state index in [1.54, 1.807) is 0 Å². The smallest absolute Gasteiger partial charge is 0.237 e. The highest BCUT2D eigenvalue weighted by Crippen LogP contribution is 2.21. The normalized spacial score (nSPS) is 30.2. The summed E-state index contributed by atoms with van der Waals surface area (Å²) >= 11 is 0. The zero-order valence-electron chi connectivity index (χ0n) is 13.5. The molecule has 0 aromatic rings. The molecule has 2 fully saturated rings. The summed E-state index contributed by atoms with van der Waals surface area (Å²) in [6.07, 6.45) is 4.32. The molecule has 0 bridgehead atoms. The van der Waals surface area contributed by atoms with Gasteiger partial charge in [0.1, 0.15) is 0 Å². The van der Waals surface area contributed by atoms with Gasteiger partial charge < -0.3 is 10.6 Å². The number of nitrogens with one attached hydrogen (secondary N) is 2. The van der Waals surface area contributed by atoms with E-state index < -0.39 is 0 Å². The molecule has 0 aliphatic carbocycles. The number of rotatable bonds is 2. The zero-order chi connectivity index (χ0) is 14.8. The number of piperidine rings is 2. The van der Waals surface area contributed by atoms with Crippen LogP contribution in [0.15, 0.2) is 0 Å². The molecule has 2 rings (SSSR count). The Morgan fingerprint density at radius 2 is 1.85 bits per heavy atom. The van der Waals surface area contributed by atoms with Crippen molar-refractivity contribution in [1.29, 1.82) is 0 Å². The van der Waals surface area contributed by atoms with Crippen LogP contribution in [-0.4, -0.2) is 48.1 Å². The van der Waals surface area contributed by atoms with E-state index in [-0.39, 0.29) is 17.5 Å². The number of carbonyl (C=O) groups is 1. The molecule has 0 aromatic heterocycles. The lowest BCUT2D eigenvalue weighted by molar-refractivity contribution is -0.125. The van der Waals surface area contributed by atoms with Crippen LogP contribution >= 0.6 is 0 Å². The lowest BCUT2D eigenvalue weighted by atomic mass is 9.93. The van der Waals surface area contributed by atoms with Crippen LogP contribution in [0.1, 0.15) is 53.4 Å². The maximum absolute atomic E-state index is 12.3. The van der Waals surface area contributed by atoms with Gasteiger partial charge in [-0.1, -0.05) is 6.92 Å². The highest BCUT2D eigenvalue weighted by molar-refractivity contribution is 5.82. The van der Waals surface area contributed by atoms with E-state index in [9.17, 15) is 4.79 Å². The zero-order valence-corrected chi connectivity index (χ0v) is 13.5. The van der Waals surface area contributed by atoms with Gasteiger partial charge >= 0.3 is 0 Å². The monoisotopic (exact) mass is 281 g/mol. The van der Waals surface area contributed by atoms with E-state index in [0.29, 0.717) is 12.0 Å². The van der Waals surface area contributed by atoms with Crippen LogP contribution in [0.5, 0.6) is 0 Å². The van der Waals surface area contributed by atoms with E-state index in [4.69, 9.17) is 0 Å². The third-order valence-electron chi connectivity index (χ3n) is 4.77. The molecule has 2 unspecified atom stereocenters. The predicted molar refractivity (Wildman–Crippen MR) is 82.7 cm³/mol. The molecule has 0 spiro atoms. The summed E-state index contributed by atoms with van der Waals surface area (Å²) in [5, 5.41) is 6.60. The second kappa shape index (κ2) is 6.44. The van der Waals surface area contributed by atoms with Crippen molar-refractivity contribution in [2.45, 2.75) is 71.0 Å². The molecule has 0 saturated carbocycles. The average molecular weight is 281 g/mol. The minimum atomic E-state index is 0.0272. The van der Waals surface area contributed by atoms with E-state index in [0.717, 1.165) is 38.9 Å². The Morgan fingerprint density at radius 1 is 1.20 bits per heavy atom. The van der Waals surface area contributed by atoms with Crippen LogP contribution in [0, 0.1) is 5.92 Å². The van der Waals surface area contributed by atoms with E-state index in [2.05, 4.69) is 43.2 Å². The van der Waals surface area contributed by atoms with Crippen molar-refractivity contribution in [1.82, 2.24) is 15.5 Å². The van der Waals surface area contributed by atoms with E-state index >= 15 is 0 Å². The Hall–Kier alpha value is -0.610. The molecular weight excluding hydrogens is 250 g/mol. The quantitative estimate of drug-likeness (QED) is 0.810. The van der Waals surface area contributed by atoms with Crippen molar-refractivity contribution in [3.8, 4) is 0 Å². The molecule has 2 atom stereocenters. The molecule has 20 heavy (non-hydrogen) atoms. The SMILES string of the molecule is CC1CCNC(C(=O)NC2CCN(C(C)(C)C)CC2)C1. The van der Waals surface area contributed by atoms with Crippen LogP contribution in [0.2, 0.25) is 0 Å². The summed E-state index contributed by atoms with van der Waals surface area (Å²) in [7, 11) is 0. The second-order valence-electron chi connectivity index (χ2n) is 7.58. The molecule has 4 heteroatoms. The molecular formula is C16H31N3O. The standard InChI is InChI=1S/C16H31N3O/c1-12-5-8-17-14(11-12)15(20)18-13-6-9-19(10-7-13)16(2,3)4/h12-14,17H,5-11H2,1-4H3,(H,18,20). The largest absolute Gasteiger partial charge is 0.352 e. The van der Waals surface area contributed by atoms with Gasteiger partial charge in [-0.25, -0.2) is 0 Å². The summed E-state index contributed by atoms with van der Waals surface area (Å²) in [5.74, 6) is 0.875. The average Bonchev–Trinajstić information content (AvgIpc) is 2.38. The number of likely N-dealkylation sites (tertiary alicyclic amines) is 1. The lowest BCUT2D eigenvalue weighted by Gasteiger charge is -2.41. The minimum Gasteiger partial charge on any atom is -0.352 e. The van der Waals surface area contributed by atoms with E-state index in [1.165, 1.54) is 6.42 Å². The fourth-order valence-electron chi connectivity index (χ4n) is 3.30. The van der Waals surface area contributed by atoms with Crippen LogP contribution in [-0.2, 0) is 4.79 Å². The van der Waals surface area contributed by atoms with Crippen LogP contribution in [0.3, 0.4) is 0 Å². The highest BCUT2D eigenvalue weighted by atomic mass is 16.2. The highest BCUT2D eigenvalue weighted by Gasteiger charge is 2.30. The summed E-state index contributed by atoms with van der Waals surface area (Å²) < 4.78 is 0. The molecule has 0 radical (unpaired) electrons. The Morgan fingerprint density at radius 3 is 2.40 bits per heavy atom. The fraction of sp³-hybridized carbons (Fsp3) is 0.938. The van der Waals surface area contributed by atoms with Crippen molar-refractivity contribution < 1.29 is 4.79 Å². The van der Waals surface area contributed by atoms with Crippen molar-refractivity contribution >= 4 is 5.91 Å². The summed E-state index contributed by atoms with van der Waals surface area (Å²) in [6.45, 7) is 12.2. The number of hydrogen-bond donors (Lipinski definition) is 2. The van der Waals surface area contributed by atoms with Gasteiger partial charge in [-0.2, -0.15) is 0 Å². The summed E-state index contributed by atoms with van der Waals surface area (Å²) in [4.78, 5) is 14.8. The van der Waals surface area contributed by atoms with Crippen molar-refractivity contribution in [3.05, 3.63) is 0 Å². The first-order chi connectivity index (χ1) is 9.36. The molecule has 0 aromatic carbocycles. The van der Waals surface area contributed by atoms with E-state index in [1.807, 2.05) is 0 Å². The van der Waals surface area contributed by atoms with Crippen LogP contribution in [0.25, 0.3) is 0 Å². The number of carbonyl (C=O) groups excluding carboxylic acids is 1. The molecule has 4 nitrogen and oxygen atoms in total. The summed E-state index contributed by atoms with van der Waals surface area (Å²) in [5.41, 5.74) is 0.245. The first kappa shape index (κ1) is 15.8. The number of hydrogen-bond acceptors (Lipinski definition) is 3. The molecule has 116 valence electrons. The van der Waals surface area contributed by atoms with Crippen LogP contribution < -0.4 is 10.6 Å². The van der Waals surface area contributed by atoms with Gasteiger partial charge in [-0.05, 0) is 58.9 Å². The predicted octanol–water partition coefficient (Wildman–Crippen LogP) is 1.75. The first-order valence-electron chi connectivity index (χ1n) is 8.15. The Balaban J connectivity index is 1.76. The van der Waals surface area contributed by atoms with Gasteiger partial charge in [0.25, 0.3) is 0 Å². The van der Waals surface area contributed by atoms with Gasteiger partial charge in [-0.3, -0.25) is 9.69 Å². The molecule has 2 heterocycles. The number of amides is 1. The lowest BCUT2D eigenvalue weighted by Crippen LogP contribution is -2.54. The molecule has 1 amide bonds. The Kier molecular flexibility index (Phi) is 5.08. The molecule has 2 aliphatic rings. The fourth-order valence-corrected chi connectivity index (χ4v) is 3.30. The van der Waals surface area contributed by atoms with Crippen molar-refractivity contribution in [2.24, 2.45) is 5.92 Å². The second-order valence-corrected chi connectivity index (χ2v) is 7.58. The first-order valence-corrected chi connectivity index (χ1v) is 8.15. The Bertz CT molecular complexity index is 329. The minimum absolute atomic E-state index is 0.0272. The third-order valence-corrected chi connectivity index (χ3v) is 4.77. The van der Waals surface area contributed by atoms with Gasteiger partial charge in [0.2, 0.25) is 5.91 Å². The van der Waals surface area contributed by atoms with Gasteiger partial charge in [0.15, 0.2) is 0 Å². The van der Waals surface area contributed by atoms with Gasteiger partial charge in [-0.15, -0.1) is 0 Å².